The van der Waals surface area contributed by atoms with Gasteiger partial charge in [-0.25, -0.2) is 13.2 Å². The smallest absolute Gasteiger partial charge is 0.294 e. The molecule has 1 unspecified atom stereocenters. The van der Waals surface area contributed by atoms with Crippen LogP contribution in [0.1, 0.15) is 13.3 Å². The lowest BCUT2D eigenvalue weighted by atomic mass is 10.2. The van der Waals surface area contributed by atoms with Crippen molar-refractivity contribution in [2.75, 3.05) is 26.2 Å². The third-order valence-corrected chi connectivity index (χ3v) is 2.00. The minimum Gasteiger partial charge on any atom is -0.395 e. The predicted molar refractivity (Wildman–Crippen MR) is 53.9 cm³/mol. The summed E-state index contributed by atoms with van der Waals surface area (Å²) in [5.74, 6) is -3.44. The molecule has 0 spiro atoms. The molecule has 0 radical (unpaired) electrons. The molecule has 0 amide bonds. The van der Waals surface area contributed by atoms with Gasteiger partial charge < -0.3 is 5.11 Å². The van der Waals surface area contributed by atoms with E-state index in [1.807, 2.05) is 6.92 Å². The van der Waals surface area contributed by atoms with E-state index in [0.29, 0.717) is 19.0 Å². The second-order valence-electron chi connectivity index (χ2n) is 3.40. The molecule has 0 bridgehead atoms. The maximum atomic E-state index is 13.1. The maximum Gasteiger partial charge on any atom is 0.294 e. The lowest BCUT2D eigenvalue weighted by Gasteiger charge is -2.27. The number of nitrogens with zero attached hydrogens (tertiary/aromatic N) is 1. The highest BCUT2D eigenvalue weighted by molar-refractivity contribution is 4.92. The van der Waals surface area contributed by atoms with Gasteiger partial charge in [0.2, 0.25) is 0 Å². The van der Waals surface area contributed by atoms with E-state index in [0.717, 1.165) is 0 Å². The third kappa shape index (κ3) is 5.18. The van der Waals surface area contributed by atoms with E-state index in [2.05, 4.69) is 6.58 Å². The molecule has 2 nitrogen and oxygen atoms in total. The van der Waals surface area contributed by atoms with Crippen molar-refractivity contribution in [3.63, 3.8) is 0 Å². The summed E-state index contributed by atoms with van der Waals surface area (Å²) in [6, 6.07) is 0. The Bertz CT molecular complexity index is 182. The van der Waals surface area contributed by atoms with Gasteiger partial charge in [-0.15, -0.1) is 0 Å². The van der Waals surface area contributed by atoms with Gasteiger partial charge in [-0.3, -0.25) is 4.90 Å². The third-order valence-electron chi connectivity index (χ3n) is 2.00. The summed E-state index contributed by atoms with van der Waals surface area (Å²) >= 11 is 0. The van der Waals surface area contributed by atoms with Crippen LogP contribution in [0.2, 0.25) is 0 Å². The zero-order chi connectivity index (χ0) is 11.9. The monoisotopic (exact) mass is 225 g/mol. The summed E-state index contributed by atoms with van der Waals surface area (Å²) in [5, 5.41) is 8.66. The van der Waals surface area contributed by atoms with Crippen molar-refractivity contribution in [3.8, 4) is 0 Å². The molecule has 1 N–H and O–H groups in total. The number of aliphatic hydroxyl groups excluding tert-OH is 1. The van der Waals surface area contributed by atoms with E-state index < -0.39 is 18.6 Å². The number of aliphatic hydroxyl groups is 1. The molecule has 0 aromatic heterocycles. The topological polar surface area (TPSA) is 23.5 Å². The van der Waals surface area contributed by atoms with Gasteiger partial charge in [-0.2, -0.15) is 0 Å². The van der Waals surface area contributed by atoms with Crippen molar-refractivity contribution >= 4 is 0 Å². The van der Waals surface area contributed by atoms with Crippen molar-refractivity contribution < 1.29 is 18.3 Å². The van der Waals surface area contributed by atoms with Gasteiger partial charge >= 0.3 is 0 Å². The number of halogens is 3. The fourth-order valence-corrected chi connectivity index (χ4v) is 1.29. The fourth-order valence-electron chi connectivity index (χ4n) is 1.29. The van der Waals surface area contributed by atoms with E-state index in [4.69, 9.17) is 5.11 Å². The van der Waals surface area contributed by atoms with Crippen LogP contribution in [0.5, 0.6) is 0 Å². The van der Waals surface area contributed by atoms with Crippen LogP contribution in [0.25, 0.3) is 0 Å². The van der Waals surface area contributed by atoms with E-state index in [1.165, 1.54) is 4.90 Å². The molecule has 0 aromatic carbocycles. The first kappa shape index (κ1) is 14.5. The average Bonchev–Trinajstić information content (AvgIpc) is 2.16. The number of alkyl halides is 3. The van der Waals surface area contributed by atoms with Gasteiger partial charge in [0, 0.05) is 6.54 Å². The van der Waals surface area contributed by atoms with Crippen LogP contribution in [0.3, 0.4) is 0 Å². The van der Waals surface area contributed by atoms with Crippen molar-refractivity contribution in [3.05, 3.63) is 12.7 Å². The first-order valence-electron chi connectivity index (χ1n) is 4.95. The second-order valence-corrected chi connectivity index (χ2v) is 3.40. The van der Waals surface area contributed by atoms with Crippen molar-refractivity contribution in [1.29, 1.82) is 0 Å². The van der Waals surface area contributed by atoms with Crippen LogP contribution in [0.15, 0.2) is 12.7 Å². The minimum absolute atomic E-state index is 0.132. The molecule has 1 atom stereocenters. The molecule has 0 saturated carbocycles. The molecule has 90 valence electrons. The first-order valence-corrected chi connectivity index (χ1v) is 4.95. The minimum atomic E-state index is -3.44. The van der Waals surface area contributed by atoms with E-state index in [-0.39, 0.29) is 13.2 Å². The van der Waals surface area contributed by atoms with E-state index in [1.54, 1.807) is 0 Å². The van der Waals surface area contributed by atoms with E-state index >= 15 is 0 Å². The quantitative estimate of drug-likeness (QED) is 0.637. The Kier molecular flexibility index (Phi) is 6.60. The first-order chi connectivity index (χ1) is 6.97. The van der Waals surface area contributed by atoms with Gasteiger partial charge in [0.05, 0.1) is 13.2 Å². The Hall–Kier alpha value is -0.550. The fraction of sp³-hybridized carbons (Fsp3) is 0.800. The molecule has 5 heteroatoms. The van der Waals surface area contributed by atoms with Crippen LogP contribution in [0.4, 0.5) is 13.2 Å². The zero-order valence-electron chi connectivity index (χ0n) is 8.93. The van der Waals surface area contributed by atoms with Crippen LogP contribution in [-0.4, -0.2) is 48.3 Å². The van der Waals surface area contributed by atoms with Gasteiger partial charge in [-0.1, -0.05) is 19.6 Å². The van der Waals surface area contributed by atoms with Gasteiger partial charge in [0.1, 0.15) is 0 Å². The summed E-state index contributed by atoms with van der Waals surface area (Å²) < 4.78 is 39.1. The molecule has 0 aliphatic carbocycles. The van der Waals surface area contributed by atoms with Crippen LogP contribution < -0.4 is 0 Å². The van der Waals surface area contributed by atoms with Crippen LogP contribution >= 0.6 is 0 Å². The van der Waals surface area contributed by atoms with Gasteiger partial charge in [-0.05, 0) is 13.0 Å². The van der Waals surface area contributed by atoms with Crippen LogP contribution in [0, 0.1) is 0 Å². The molecule has 0 fully saturated rings. The summed E-state index contributed by atoms with van der Waals surface area (Å²) in [7, 11) is 0. The molecule has 15 heavy (non-hydrogen) atoms. The highest BCUT2D eigenvalue weighted by Crippen LogP contribution is 2.23. The average molecular weight is 225 g/mol. The highest BCUT2D eigenvalue weighted by Gasteiger charge is 2.39. The zero-order valence-corrected chi connectivity index (χ0v) is 8.93. The molecular formula is C10H18F3NO. The molecule has 0 saturated heterocycles. The number of allylic oxidation sites excluding steroid dienone is 1. The molecule has 0 rings (SSSR count). The summed E-state index contributed by atoms with van der Waals surface area (Å²) in [6.45, 7) is 4.50. The summed E-state index contributed by atoms with van der Waals surface area (Å²) in [4.78, 5) is 1.34. The van der Waals surface area contributed by atoms with Gasteiger partial charge in [0.25, 0.3) is 5.92 Å². The number of hydrogen-bond donors (Lipinski definition) is 1. The van der Waals surface area contributed by atoms with Crippen LogP contribution in [-0.2, 0) is 0 Å². The highest BCUT2D eigenvalue weighted by atomic mass is 19.3. The Morgan fingerprint density at radius 3 is 2.47 bits per heavy atom. The Morgan fingerprint density at radius 2 is 2.07 bits per heavy atom. The number of hydrogen-bond acceptors (Lipinski definition) is 2. The van der Waals surface area contributed by atoms with Gasteiger partial charge in [0.15, 0.2) is 6.17 Å². The molecule has 0 aliphatic rings. The Labute approximate surface area is 88.4 Å². The SMILES string of the molecule is C=CC(F)C(F)(F)CN(CCC)CCO. The largest absolute Gasteiger partial charge is 0.395 e. The lowest BCUT2D eigenvalue weighted by Crippen LogP contribution is -2.43. The Morgan fingerprint density at radius 1 is 1.47 bits per heavy atom. The van der Waals surface area contributed by atoms with Crippen molar-refractivity contribution in [2.45, 2.75) is 25.4 Å². The number of rotatable bonds is 8. The summed E-state index contributed by atoms with van der Waals surface area (Å²) in [6.07, 6.45) is -1.06. The predicted octanol–water partition coefficient (Wildman–Crippen LogP) is 1.85. The lowest BCUT2D eigenvalue weighted by molar-refractivity contribution is -0.0782. The Balaban J connectivity index is 4.29. The van der Waals surface area contributed by atoms with Crippen molar-refractivity contribution in [1.82, 2.24) is 4.90 Å². The van der Waals surface area contributed by atoms with E-state index in [9.17, 15) is 13.2 Å². The molecule has 0 aliphatic heterocycles. The standard InChI is InChI=1S/C10H18F3NO/c1-3-5-14(6-7-15)8-10(12,13)9(11)4-2/h4,9,15H,2-3,5-8H2,1H3. The van der Waals surface area contributed by atoms with Crippen molar-refractivity contribution in [2.24, 2.45) is 0 Å². The molecule has 0 heterocycles. The molecule has 0 aromatic rings. The normalized spacial score (nSPS) is 14.3. The molecular weight excluding hydrogens is 207 g/mol. The second kappa shape index (κ2) is 6.85. The summed E-state index contributed by atoms with van der Waals surface area (Å²) in [5.41, 5.74) is 0. The maximum absolute atomic E-state index is 13.1.